The highest BCUT2D eigenvalue weighted by molar-refractivity contribution is 5.93. The lowest BCUT2D eigenvalue weighted by molar-refractivity contribution is -0.116. The van der Waals surface area contributed by atoms with Crippen LogP contribution in [0.1, 0.15) is 0 Å². The van der Waals surface area contributed by atoms with Crippen molar-refractivity contribution < 1.29 is 9.90 Å². The molecule has 0 spiro atoms. The van der Waals surface area contributed by atoms with E-state index in [1.807, 2.05) is 0 Å². The number of hydrogen-bond acceptors (Lipinski definition) is 3. The molecule has 0 unspecified atom stereocenters. The number of hydrogen-bond donors (Lipinski definition) is 2. The van der Waals surface area contributed by atoms with Gasteiger partial charge in [-0.15, -0.1) is 0 Å². The lowest BCUT2D eigenvalue weighted by Crippen LogP contribution is -1.99. The number of amides is 1. The first-order valence-electron chi connectivity index (χ1n) is 1.84. The quantitative estimate of drug-likeness (QED) is 0.276. The molecule has 0 aliphatic rings. The molecule has 0 aromatic heterocycles. The number of aliphatic imine (C=N–C) groups is 1. The number of nitrogens with zero attached hydrogens (tertiary/aromatic N) is 1. The van der Waals surface area contributed by atoms with Crippen LogP contribution in [0.25, 0.3) is 0 Å². The summed E-state index contributed by atoms with van der Waals surface area (Å²) in [6.07, 6.45) is 0.761. The van der Waals surface area contributed by atoms with Gasteiger partial charge in [-0.05, 0) is 6.72 Å². The summed E-state index contributed by atoms with van der Waals surface area (Å²) < 4.78 is 0. The van der Waals surface area contributed by atoms with Gasteiger partial charge in [0.2, 0.25) is 0 Å². The molecule has 0 aliphatic heterocycles. The second kappa shape index (κ2) is 2.79. The molecule has 0 rings (SSSR count). The van der Waals surface area contributed by atoms with Gasteiger partial charge in [0, 0.05) is 6.20 Å². The van der Waals surface area contributed by atoms with E-state index in [0.717, 1.165) is 6.20 Å². The van der Waals surface area contributed by atoms with Crippen molar-refractivity contribution in [1.82, 2.24) is 0 Å². The molecule has 0 saturated heterocycles. The molecule has 0 aromatic rings. The molecule has 0 aromatic carbocycles. The Balaban J connectivity index is 4.03. The van der Waals surface area contributed by atoms with Crippen molar-refractivity contribution in [2.45, 2.75) is 0 Å². The van der Waals surface area contributed by atoms with Gasteiger partial charge in [0.1, 0.15) is 0 Å². The summed E-state index contributed by atoms with van der Waals surface area (Å²) in [4.78, 5) is 13.0. The summed E-state index contributed by atoms with van der Waals surface area (Å²) in [5.41, 5.74) is 4.73. The molecule has 8 heavy (non-hydrogen) atoms. The molecular formula is C4H6N2O2. The fraction of sp³-hybridized carbons (Fsp3) is 0. The van der Waals surface area contributed by atoms with Crippen LogP contribution >= 0.6 is 0 Å². The average Bonchev–Trinajstić information content (AvgIpc) is 1.84. The smallest absolute Gasteiger partial charge is 0.312 e. The highest BCUT2D eigenvalue weighted by atomic mass is 16.3. The van der Waals surface area contributed by atoms with Crippen LogP contribution in [0.2, 0.25) is 0 Å². The lowest BCUT2D eigenvalue weighted by atomic mass is 10.5. The van der Waals surface area contributed by atoms with Gasteiger partial charge in [-0.1, -0.05) is 0 Å². The topological polar surface area (TPSA) is 75.7 Å². The minimum atomic E-state index is -0.813. The number of aliphatic hydroxyl groups is 1. The Kier molecular flexibility index (Phi) is 2.33. The number of carbonyl (C=O) groups excluding carboxylic acids is 1. The van der Waals surface area contributed by atoms with Crippen molar-refractivity contribution in [2.24, 2.45) is 10.7 Å². The largest absolute Gasteiger partial charge is 0.502 e. The van der Waals surface area contributed by atoms with Crippen LogP contribution < -0.4 is 5.73 Å². The summed E-state index contributed by atoms with van der Waals surface area (Å²) in [6, 6.07) is 0. The van der Waals surface area contributed by atoms with Crippen molar-refractivity contribution in [1.29, 1.82) is 0 Å². The van der Waals surface area contributed by atoms with E-state index in [-0.39, 0.29) is 0 Å². The third-order valence-corrected chi connectivity index (χ3v) is 0.521. The Morgan fingerprint density at radius 3 is 2.50 bits per heavy atom. The van der Waals surface area contributed by atoms with Gasteiger partial charge in [0.25, 0.3) is 0 Å². The molecule has 4 heteroatoms. The number of aliphatic hydroxyl groups excluding tert-OH is 1. The van der Waals surface area contributed by atoms with Crippen LogP contribution in [-0.4, -0.2) is 17.7 Å². The van der Waals surface area contributed by atoms with E-state index in [4.69, 9.17) is 10.8 Å². The molecule has 3 N–H and O–H groups in total. The Hall–Kier alpha value is -1.32. The Labute approximate surface area is 46.3 Å². The molecule has 0 radical (unpaired) electrons. The van der Waals surface area contributed by atoms with Gasteiger partial charge in [-0.25, -0.2) is 4.99 Å². The molecular weight excluding hydrogens is 108 g/mol. The summed E-state index contributed by atoms with van der Waals surface area (Å²) in [5, 5.41) is 8.38. The van der Waals surface area contributed by atoms with Crippen molar-refractivity contribution in [3.8, 4) is 0 Å². The SMILES string of the molecule is C=NC(=O)/C(O)=C\N. The van der Waals surface area contributed by atoms with E-state index < -0.39 is 11.7 Å². The lowest BCUT2D eigenvalue weighted by Gasteiger charge is -1.85. The Bertz CT molecular complexity index is 139. The second-order valence-electron chi connectivity index (χ2n) is 1.02. The standard InChI is InChI=1S/C4H6N2O2/c1-6-4(8)3(7)2-5/h2,7H,1,5H2/b3-2+. The van der Waals surface area contributed by atoms with Crippen molar-refractivity contribution >= 4 is 12.6 Å². The van der Waals surface area contributed by atoms with E-state index in [9.17, 15) is 4.79 Å². The molecule has 0 saturated carbocycles. The minimum absolute atomic E-state index is 0.583. The third kappa shape index (κ3) is 1.42. The van der Waals surface area contributed by atoms with E-state index in [0.29, 0.717) is 0 Å². The molecule has 1 amide bonds. The van der Waals surface area contributed by atoms with Crippen molar-refractivity contribution in [3.05, 3.63) is 12.0 Å². The molecule has 0 aliphatic carbocycles. The van der Waals surface area contributed by atoms with E-state index in [1.165, 1.54) is 0 Å². The summed E-state index contributed by atoms with van der Waals surface area (Å²) >= 11 is 0. The molecule has 0 bridgehead atoms. The Morgan fingerprint density at radius 1 is 1.88 bits per heavy atom. The summed E-state index contributed by atoms with van der Waals surface area (Å²) in [7, 11) is 0. The number of carbonyl (C=O) groups is 1. The maximum atomic E-state index is 10.1. The van der Waals surface area contributed by atoms with Gasteiger partial charge >= 0.3 is 5.91 Å². The van der Waals surface area contributed by atoms with Gasteiger partial charge in [0.15, 0.2) is 5.76 Å². The predicted molar refractivity (Wildman–Crippen MR) is 29.5 cm³/mol. The van der Waals surface area contributed by atoms with Gasteiger partial charge in [-0.3, -0.25) is 4.79 Å². The predicted octanol–water partition coefficient (Wildman–Crippen LogP) is -0.428. The first kappa shape index (κ1) is 6.68. The van der Waals surface area contributed by atoms with Crippen LogP contribution in [0.4, 0.5) is 0 Å². The highest BCUT2D eigenvalue weighted by Gasteiger charge is 1.99. The summed E-state index contributed by atoms with van der Waals surface area (Å²) in [6.45, 7) is 2.87. The molecule has 0 atom stereocenters. The van der Waals surface area contributed by atoms with Gasteiger partial charge in [-0.2, -0.15) is 0 Å². The first-order chi connectivity index (χ1) is 3.72. The highest BCUT2D eigenvalue weighted by Crippen LogP contribution is 1.85. The normalized spacial score (nSPS) is 10.8. The summed E-state index contributed by atoms with van der Waals surface area (Å²) in [5.74, 6) is -1.40. The molecule has 44 valence electrons. The second-order valence-corrected chi connectivity index (χ2v) is 1.02. The zero-order valence-corrected chi connectivity index (χ0v) is 4.16. The molecule has 0 heterocycles. The van der Waals surface area contributed by atoms with Gasteiger partial charge < -0.3 is 10.8 Å². The maximum absolute atomic E-state index is 10.1. The zero-order chi connectivity index (χ0) is 6.57. The van der Waals surface area contributed by atoms with Crippen molar-refractivity contribution in [3.63, 3.8) is 0 Å². The third-order valence-electron chi connectivity index (χ3n) is 0.521. The fourth-order valence-corrected chi connectivity index (χ4v) is 0.152. The van der Waals surface area contributed by atoms with Crippen LogP contribution in [0.5, 0.6) is 0 Å². The average molecular weight is 114 g/mol. The Morgan fingerprint density at radius 2 is 2.38 bits per heavy atom. The molecule has 0 fully saturated rings. The van der Waals surface area contributed by atoms with E-state index >= 15 is 0 Å². The minimum Gasteiger partial charge on any atom is -0.502 e. The van der Waals surface area contributed by atoms with E-state index in [1.54, 1.807) is 0 Å². The van der Waals surface area contributed by atoms with Crippen LogP contribution in [-0.2, 0) is 4.79 Å². The van der Waals surface area contributed by atoms with Crippen LogP contribution in [0.15, 0.2) is 17.0 Å². The maximum Gasteiger partial charge on any atom is 0.312 e. The first-order valence-corrected chi connectivity index (χ1v) is 1.84. The van der Waals surface area contributed by atoms with E-state index in [2.05, 4.69) is 11.7 Å². The zero-order valence-electron chi connectivity index (χ0n) is 4.16. The van der Waals surface area contributed by atoms with Gasteiger partial charge in [0.05, 0.1) is 0 Å². The fourth-order valence-electron chi connectivity index (χ4n) is 0.152. The van der Waals surface area contributed by atoms with Crippen molar-refractivity contribution in [2.75, 3.05) is 0 Å². The number of rotatable bonds is 1. The van der Waals surface area contributed by atoms with Crippen LogP contribution in [0.3, 0.4) is 0 Å². The molecule has 4 nitrogen and oxygen atoms in total. The number of nitrogens with two attached hydrogens (primary N) is 1. The van der Waals surface area contributed by atoms with Crippen LogP contribution in [0, 0.1) is 0 Å². The monoisotopic (exact) mass is 114 g/mol.